The van der Waals surface area contributed by atoms with E-state index >= 15 is 0 Å². The summed E-state index contributed by atoms with van der Waals surface area (Å²) in [5.74, 6) is 3.62. The van der Waals surface area contributed by atoms with Gasteiger partial charge in [-0.15, -0.1) is 0 Å². The maximum atomic E-state index is 13.0. The standard InChI is InChI=1S/C23H34N4O2/c1-13-8-17-18(20(13)17)9-24-22(28)19-10-25-23(26-21(19)16-6-4-5-7-16)27-11-14(2)29-15(3)12-27/h9-10,13-17,20-21H,4-8,11-12H2,1-3H3,(H,24,28)(H,25,26)/t13?,14-,15-,17?,20?,21?/m0/s1. The van der Waals surface area contributed by atoms with E-state index in [2.05, 4.69) is 36.3 Å². The quantitative estimate of drug-likeness (QED) is 0.767. The van der Waals surface area contributed by atoms with Crippen LogP contribution in [0.15, 0.2) is 28.5 Å². The summed E-state index contributed by atoms with van der Waals surface area (Å²) in [6, 6.07) is -0.0459. The van der Waals surface area contributed by atoms with Crippen LogP contribution in [0.4, 0.5) is 0 Å². The van der Waals surface area contributed by atoms with Crippen LogP contribution in [-0.4, -0.2) is 48.1 Å². The van der Waals surface area contributed by atoms with Crippen molar-refractivity contribution in [3.05, 3.63) is 23.5 Å². The Hall–Kier alpha value is -1.82. The van der Waals surface area contributed by atoms with E-state index in [4.69, 9.17) is 9.73 Å². The fourth-order valence-electron chi connectivity index (χ4n) is 5.98. The van der Waals surface area contributed by atoms with Gasteiger partial charge < -0.3 is 20.3 Å². The van der Waals surface area contributed by atoms with Gasteiger partial charge in [0, 0.05) is 25.5 Å². The first-order valence-corrected chi connectivity index (χ1v) is 11.5. The molecule has 0 radical (unpaired) electrons. The summed E-state index contributed by atoms with van der Waals surface area (Å²) in [4.78, 5) is 20.4. The number of allylic oxidation sites excluding steroid dienone is 1. The number of fused-ring (bicyclic) bond motifs is 1. The van der Waals surface area contributed by atoms with E-state index in [1.54, 1.807) is 0 Å². The molecule has 0 aromatic rings. The summed E-state index contributed by atoms with van der Waals surface area (Å²) in [6.07, 6.45) is 10.3. The molecule has 3 saturated carbocycles. The highest BCUT2D eigenvalue weighted by Crippen LogP contribution is 2.63. The van der Waals surface area contributed by atoms with Crippen molar-refractivity contribution in [2.24, 2.45) is 28.7 Å². The topological polar surface area (TPSA) is 66.0 Å². The molecule has 4 unspecified atom stereocenters. The van der Waals surface area contributed by atoms with Crippen LogP contribution in [0.3, 0.4) is 0 Å². The number of nitrogens with one attached hydrogen (secondary N) is 2. The lowest BCUT2D eigenvalue weighted by molar-refractivity contribution is -0.117. The van der Waals surface area contributed by atoms with E-state index in [1.165, 1.54) is 24.8 Å². The molecular weight excluding hydrogens is 364 g/mol. The number of aliphatic imine (C=N–C) groups is 1. The number of guanidine groups is 1. The largest absolute Gasteiger partial charge is 0.372 e. The van der Waals surface area contributed by atoms with Crippen LogP contribution in [0.2, 0.25) is 0 Å². The van der Waals surface area contributed by atoms with Crippen molar-refractivity contribution in [3.63, 3.8) is 0 Å². The molecule has 6 heteroatoms. The average molecular weight is 399 g/mol. The van der Waals surface area contributed by atoms with Gasteiger partial charge in [0.1, 0.15) is 0 Å². The lowest BCUT2D eigenvalue weighted by atomic mass is 9.88. The highest BCUT2D eigenvalue weighted by molar-refractivity contribution is 5.98. The van der Waals surface area contributed by atoms with Crippen LogP contribution >= 0.6 is 0 Å². The van der Waals surface area contributed by atoms with Crippen LogP contribution < -0.4 is 10.6 Å². The van der Waals surface area contributed by atoms with E-state index in [9.17, 15) is 4.79 Å². The predicted octanol–water partition coefficient (Wildman–Crippen LogP) is 2.78. The summed E-state index contributed by atoms with van der Waals surface area (Å²) in [7, 11) is 0. The number of hydrogen-bond acceptors (Lipinski definition) is 5. The Morgan fingerprint density at radius 3 is 2.59 bits per heavy atom. The summed E-state index contributed by atoms with van der Waals surface area (Å²) in [6.45, 7) is 8.17. The molecule has 6 atom stereocenters. The van der Waals surface area contributed by atoms with E-state index < -0.39 is 0 Å². The maximum absolute atomic E-state index is 13.0. The molecule has 29 heavy (non-hydrogen) atoms. The van der Waals surface area contributed by atoms with Crippen LogP contribution in [0, 0.1) is 23.7 Å². The Labute approximate surface area is 173 Å². The molecule has 0 spiro atoms. The zero-order chi connectivity index (χ0) is 20.1. The lowest BCUT2D eigenvalue weighted by Gasteiger charge is -2.39. The smallest absolute Gasteiger partial charge is 0.254 e. The fraction of sp³-hybridized carbons (Fsp3) is 0.739. The second-order valence-corrected chi connectivity index (χ2v) is 9.81. The molecule has 0 aromatic heterocycles. The van der Waals surface area contributed by atoms with Gasteiger partial charge in [-0.1, -0.05) is 19.8 Å². The normalized spacial score (nSPS) is 40.5. The first-order chi connectivity index (χ1) is 14.0. The van der Waals surface area contributed by atoms with Crippen molar-refractivity contribution in [3.8, 4) is 0 Å². The van der Waals surface area contributed by atoms with Crippen molar-refractivity contribution in [2.45, 2.75) is 71.1 Å². The number of carbonyl (C=O) groups is 1. The summed E-state index contributed by atoms with van der Waals surface area (Å²) in [5.41, 5.74) is 2.22. The number of carbonyl (C=O) groups excluding carboxylic acids is 1. The van der Waals surface area contributed by atoms with Gasteiger partial charge in [-0.3, -0.25) is 4.79 Å². The minimum absolute atomic E-state index is 0.00682. The van der Waals surface area contributed by atoms with Gasteiger partial charge >= 0.3 is 0 Å². The third-order valence-electron chi connectivity index (χ3n) is 7.51. The lowest BCUT2D eigenvalue weighted by Crippen LogP contribution is -2.53. The zero-order valence-corrected chi connectivity index (χ0v) is 17.9. The monoisotopic (exact) mass is 398 g/mol. The molecule has 2 heterocycles. The minimum atomic E-state index is -0.0459. The molecule has 2 N–H and O–H groups in total. The number of hydrogen-bond donors (Lipinski definition) is 2. The maximum Gasteiger partial charge on any atom is 0.254 e. The molecule has 5 rings (SSSR count). The van der Waals surface area contributed by atoms with Crippen molar-refractivity contribution < 1.29 is 9.53 Å². The molecule has 4 fully saturated rings. The van der Waals surface area contributed by atoms with Gasteiger partial charge in [0.15, 0.2) is 5.96 Å². The molecule has 0 aromatic carbocycles. The Balaban J connectivity index is 1.31. The summed E-state index contributed by atoms with van der Waals surface area (Å²) < 4.78 is 5.87. The van der Waals surface area contributed by atoms with E-state index in [0.29, 0.717) is 5.92 Å². The van der Waals surface area contributed by atoms with E-state index in [-0.39, 0.29) is 24.2 Å². The number of nitrogens with zero attached hydrogens (tertiary/aromatic N) is 2. The number of ether oxygens (including phenoxy) is 1. The molecular formula is C23H34N4O2. The van der Waals surface area contributed by atoms with Crippen molar-refractivity contribution >= 4 is 11.9 Å². The second kappa shape index (κ2) is 7.46. The molecule has 0 bridgehead atoms. The Bertz CT molecular complexity index is 757. The molecule has 3 aliphatic carbocycles. The second-order valence-electron chi connectivity index (χ2n) is 9.81. The highest BCUT2D eigenvalue weighted by atomic mass is 16.5. The predicted molar refractivity (Wildman–Crippen MR) is 113 cm³/mol. The van der Waals surface area contributed by atoms with Crippen LogP contribution in [0.25, 0.3) is 0 Å². The molecule has 158 valence electrons. The molecule has 2 aliphatic heterocycles. The molecule has 6 nitrogen and oxygen atoms in total. The SMILES string of the molecule is CC1CC2C(=CNC(=O)C3=CNC(N4C[C@H](C)O[C@@H](C)C4)=NC3C3CCCC3)C12. The van der Waals surface area contributed by atoms with Crippen LogP contribution in [0.1, 0.15) is 52.9 Å². The number of amides is 1. The van der Waals surface area contributed by atoms with Crippen LogP contribution in [0.5, 0.6) is 0 Å². The van der Waals surface area contributed by atoms with Crippen molar-refractivity contribution in [1.82, 2.24) is 15.5 Å². The van der Waals surface area contributed by atoms with E-state index in [0.717, 1.165) is 55.2 Å². The zero-order valence-electron chi connectivity index (χ0n) is 17.9. The van der Waals surface area contributed by atoms with Gasteiger partial charge in [-0.05, 0) is 62.4 Å². The van der Waals surface area contributed by atoms with Gasteiger partial charge in [-0.2, -0.15) is 0 Å². The summed E-state index contributed by atoms with van der Waals surface area (Å²) >= 11 is 0. The third kappa shape index (κ3) is 3.60. The number of morpholine rings is 1. The Morgan fingerprint density at radius 1 is 1.24 bits per heavy atom. The van der Waals surface area contributed by atoms with Gasteiger partial charge in [0.2, 0.25) is 0 Å². The first-order valence-electron chi connectivity index (χ1n) is 11.5. The van der Waals surface area contributed by atoms with Crippen molar-refractivity contribution in [1.29, 1.82) is 0 Å². The molecule has 5 aliphatic rings. The molecule has 1 amide bonds. The Kier molecular flexibility index (Phi) is 4.93. The Morgan fingerprint density at radius 2 is 1.97 bits per heavy atom. The van der Waals surface area contributed by atoms with Gasteiger partial charge in [-0.25, -0.2) is 4.99 Å². The van der Waals surface area contributed by atoms with E-state index in [1.807, 2.05) is 12.4 Å². The summed E-state index contributed by atoms with van der Waals surface area (Å²) in [5, 5.41) is 6.42. The van der Waals surface area contributed by atoms with Gasteiger partial charge in [0.05, 0.1) is 23.8 Å². The van der Waals surface area contributed by atoms with Gasteiger partial charge in [0.25, 0.3) is 5.91 Å². The fourth-order valence-corrected chi connectivity index (χ4v) is 5.98. The highest BCUT2D eigenvalue weighted by Gasteiger charge is 2.56. The minimum Gasteiger partial charge on any atom is -0.372 e. The average Bonchev–Trinajstić information content (AvgIpc) is 3.03. The molecule has 1 saturated heterocycles. The third-order valence-corrected chi connectivity index (χ3v) is 7.51. The van der Waals surface area contributed by atoms with Crippen LogP contribution in [-0.2, 0) is 9.53 Å². The van der Waals surface area contributed by atoms with Crippen molar-refractivity contribution in [2.75, 3.05) is 13.1 Å². The number of rotatable bonds is 3. The first kappa shape index (κ1) is 19.2.